The number of fused-ring (bicyclic) bond motifs is 1. The van der Waals surface area contributed by atoms with E-state index in [0.29, 0.717) is 24.2 Å². The third-order valence-electron chi connectivity index (χ3n) is 3.73. The van der Waals surface area contributed by atoms with E-state index in [2.05, 4.69) is 28.4 Å². The van der Waals surface area contributed by atoms with Crippen molar-refractivity contribution in [3.8, 4) is 0 Å². The first-order chi connectivity index (χ1) is 10.1. The SMILES string of the molecule is O=C1CCC(N2Cc3ccc(NNS)cc3C2=O)C(=O)N1. The molecule has 0 aromatic heterocycles. The predicted molar refractivity (Wildman–Crippen MR) is 78.2 cm³/mol. The number of carbonyl (C=O) groups excluding carboxylic acids is 3. The van der Waals surface area contributed by atoms with E-state index < -0.39 is 11.9 Å². The van der Waals surface area contributed by atoms with Crippen LogP contribution in [0.5, 0.6) is 0 Å². The summed E-state index contributed by atoms with van der Waals surface area (Å²) in [4.78, 5) is 39.6. The minimum atomic E-state index is -0.581. The van der Waals surface area contributed by atoms with Gasteiger partial charge in [-0.05, 0) is 24.1 Å². The number of hydrogen-bond donors (Lipinski definition) is 4. The van der Waals surface area contributed by atoms with E-state index in [1.54, 1.807) is 6.07 Å². The van der Waals surface area contributed by atoms with Crippen LogP contribution in [0, 0.1) is 0 Å². The molecule has 3 N–H and O–H groups in total. The molecular weight excluding hydrogens is 292 g/mol. The fraction of sp³-hybridized carbons (Fsp3) is 0.308. The highest BCUT2D eigenvalue weighted by molar-refractivity contribution is 7.78. The Hall–Kier alpha value is -2.06. The van der Waals surface area contributed by atoms with E-state index in [0.717, 1.165) is 5.56 Å². The summed E-state index contributed by atoms with van der Waals surface area (Å²) in [7, 11) is 0. The Morgan fingerprint density at radius 3 is 2.81 bits per heavy atom. The zero-order valence-corrected chi connectivity index (χ0v) is 11.9. The summed E-state index contributed by atoms with van der Waals surface area (Å²) in [5.41, 5.74) is 4.93. The maximum Gasteiger partial charge on any atom is 0.255 e. The highest BCUT2D eigenvalue weighted by Crippen LogP contribution is 2.29. The zero-order chi connectivity index (χ0) is 15.0. The van der Waals surface area contributed by atoms with Crippen LogP contribution >= 0.6 is 12.8 Å². The third kappa shape index (κ3) is 2.47. The number of rotatable bonds is 3. The molecule has 0 radical (unpaired) electrons. The molecular formula is C13H14N4O3S. The normalized spacial score (nSPS) is 21.3. The summed E-state index contributed by atoms with van der Waals surface area (Å²) >= 11 is 3.84. The molecule has 1 aromatic rings. The number of thiol groups is 1. The Labute approximate surface area is 126 Å². The Morgan fingerprint density at radius 2 is 2.10 bits per heavy atom. The number of nitrogens with one attached hydrogen (secondary N) is 3. The van der Waals surface area contributed by atoms with Crippen LogP contribution in [-0.4, -0.2) is 28.7 Å². The molecule has 0 spiro atoms. The van der Waals surface area contributed by atoms with E-state index in [4.69, 9.17) is 0 Å². The number of nitrogens with zero attached hydrogens (tertiary/aromatic N) is 1. The molecule has 1 saturated heterocycles. The van der Waals surface area contributed by atoms with Crippen LogP contribution in [0.25, 0.3) is 0 Å². The Balaban J connectivity index is 1.83. The number of carbonyl (C=O) groups is 3. The van der Waals surface area contributed by atoms with E-state index in [-0.39, 0.29) is 18.2 Å². The minimum absolute atomic E-state index is 0.192. The number of amides is 3. The van der Waals surface area contributed by atoms with Crippen molar-refractivity contribution in [2.75, 3.05) is 5.43 Å². The van der Waals surface area contributed by atoms with E-state index in [9.17, 15) is 14.4 Å². The first-order valence-electron chi connectivity index (χ1n) is 6.53. The van der Waals surface area contributed by atoms with Crippen molar-refractivity contribution >= 4 is 36.2 Å². The number of anilines is 1. The quantitative estimate of drug-likeness (QED) is 0.364. The molecule has 0 aliphatic carbocycles. The van der Waals surface area contributed by atoms with Crippen molar-refractivity contribution in [3.63, 3.8) is 0 Å². The highest BCUT2D eigenvalue weighted by atomic mass is 32.1. The van der Waals surface area contributed by atoms with Crippen molar-refractivity contribution in [3.05, 3.63) is 29.3 Å². The van der Waals surface area contributed by atoms with Crippen molar-refractivity contribution in [1.29, 1.82) is 0 Å². The predicted octanol–water partition coefficient (Wildman–Crippen LogP) is 0.209. The average molecular weight is 306 g/mol. The van der Waals surface area contributed by atoms with Gasteiger partial charge in [0.1, 0.15) is 6.04 Å². The van der Waals surface area contributed by atoms with Gasteiger partial charge in [-0.1, -0.05) is 18.9 Å². The zero-order valence-electron chi connectivity index (χ0n) is 11.0. The molecule has 21 heavy (non-hydrogen) atoms. The van der Waals surface area contributed by atoms with E-state index in [1.165, 1.54) is 4.90 Å². The minimum Gasteiger partial charge on any atom is -0.322 e. The fourth-order valence-electron chi connectivity index (χ4n) is 2.70. The van der Waals surface area contributed by atoms with Crippen molar-refractivity contribution in [1.82, 2.24) is 15.0 Å². The Bertz CT molecular complexity index is 634. The van der Waals surface area contributed by atoms with Crippen LogP contribution in [0.2, 0.25) is 0 Å². The number of hydrazine groups is 1. The van der Waals surface area contributed by atoms with Gasteiger partial charge in [0.05, 0.1) is 5.69 Å². The molecule has 8 heteroatoms. The maximum absolute atomic E-state index is 12.5. The molecule has 110 valence electrons. The Morgan fingerprint density at radius 1 is 1.29 bits per heavy atom. The summed E-state index contributed by atoms with van der Waals surface area (Å²) in [6.45, 7) is 0.384. The first-order valence-corrected chi connectivity index (χ1v) is 6.97. The van der Waals surface area contributed by atoms with Crippen LogP contribution in [-0.2, 0) is 16.1 Å². The number of benzene rings is 1. The van der Waals surface area contributed by atoms with E-state index >= 15 is 0 Å². The molecule has 1 atom stereocenters. The van der Waals surface area contributed by atoms with Crippen LogP contribution in [0.15, 0.2) is 18.2 Å². The van der Waals surface area contributed by atoms with Crippen molar-refractivity contribution in [2.24, 2.45) is 0 Å². The lowest BCUT2D eigenvalue weighted by Crippen LogP contribution is -2.52. The number of piperidine rings is 1. The molecule has 3 amide bonds. The van der Waals surface area contributed by atoms with Crippen molar-refractivity contribution in [2.45, 2.75) is 25.4 Å². The Kier molecular flexibility index (Phi) is 3.56. The number of hydrogen-bond acceptors (Lipinski definition) is 6. The molecule has 2 aliphatic rings. The summed E-state index contributed by atoms with van der Waals surface area (Å²) in [5.74, 6) is -0.878. The van der Waals surface area contributed by atoms with Crippen LogP contribution in [0.1, 0.15) is 28.8 Å². The molecule has 3 rings (SSSR count). The second-order valence-electron chi connectivity index (χ2n) is 5.01. The molecule has 0 bridgehead atoms. The van der Waals surface area contributed by atoms with Gasteiger partial charge in [-0.2, -0.15) is 4.83 Å². The summed E-state index contributed by atoms with van der Waals surface area (Å²) < 4.78 is 0. The van der Waals surface area contributed by atoms with Gasteiger partial charge in [0.25, 0.3) is 5.91 Å². The molecule has 0 saturated carbocycles. The highest BCUT2D eigenvalue weighted by Gasteiger charge is 2.39. The number of imide groups is 1. The molecule has 1 aromatic carbocycles. The molecule has 7 nitrogen and oxygen atoms in total. The molecule has 2 heterocycles. The van der Waals surface area contributed by atoms with Crippen LogP contribution in [0.4, 0.5) is 5.69 Å². The lowest BCUT2D eigenvalue weighted by Gasteiger charge is -2.29. The second kappa shape index (κ2) is 5.38. The second-order valence-corrected chi connectivity index (χ2v) is 5.23. The lowest BCUT2D eigenvalue weighted by molar-refractivity contribution is -0.136. The van der Waals surface area contributed by atoms with Crippen molar-refractivity contribution < 1.29 is 14.4 Å². The van der Waals surface area contributed by atoms with Gasteiger partial charge < -0.3 is 10.3 Å². The fourth-order valence-corrected chi connectivity index (χ4v) is 2.83. The molecule has 2 aliphatic heterocycles. The molecule has 1 unspecified atom stereocenters. The monoisotopic (exact) mass is 306 g/mol. The van der Waals surface area contributed by atoms with Gasteiger partial charge in [0.15, 0.2) is 0 Å². The van der Waals surface area contributed by atoms with Gasteiger partial charge >= 0.3 is 0 Å². The van der Waals surface area contributed by atoms with Crippen LogP contribution in [0.3, 0.4) is 0 Å². The standard InChI is InChI=1S/C13H14N4O3S/c18-11-4-3-10(12(19)14-11)17-6-7-1-2-8(15-16-21)5-9(7)13(17)20/h1-2,5,10,15-16,21H,3-4,6H2,(H,14,18,19). The van der Waals surface area contributed by atoms with Crippen LogP contribution < -0.4 is 15.6 Å². The van der Waals surface area contributed by atoms with Gasteiger partial charge in [0, 0.05) is 18.5 Å². The van der Waals surface area contributed by atoms with Gasteiger partial charge in [-0.15, -0.1) is 0 Å². The van der Waals surface area contributed by atoms with Gasteiger partial charge in [0.2, 0.25) is 11.8 Å². The van der Waals surface area contributed by atoms with Gasteiger partial charge in [-0.25, -0.2) is 0 Å². The molecule has 1 fully saturated rings. The van der Waals surface area contributed by atoms with Gasteiger partial charge in [-0.3, -0.25) is 19.7 Å². The lowest BCUT2D eigenvalue weighted by atomic mass is 10.0. The summed E-state index contributed by atoms with van der Waals surface area (Å²) in [6, 6.07) is 4.80. The first kappa shape index (κ1) is 13.9. The summed E-state index contributed by atoms with van der Waals surface area (Å²) in [5, 5.41) is 2.28. The average Bonchev–Trinajstić information content (AvgIpc) is 2.77. The largest absolute Gasteiger partial charge is 0.322 e. The summed E-state index contributed by atoms with van der Waals surface area (Å²) in [6.07, 6.45) is 0.626. The topological polar surface area (TPSA) is 90.5 Å². The maximum atomic E-state index is 12.5. The smallest absolute Gasteiger partial charge is 0.255 e. The van der Waals surface area contributed by atoms with E-state index in [1.807, 2.05) is 12.1 Å². The third-order valence-corrected chi connectivity index (χ3v) is 3.84.